The maximum atomic E-state index is 11.8. The number of halogens is 1. The van der Waals surface area contributed by atoms with Crippen molar-refractivity contribution in [2.75, 3.05) is 30.4 Å². The van der Waals surface area contributed by atoms with Gasteiger partial charge >= 0.3 is 0 Å². The van der Waals surface area contributed by atoms with Gasteiger partial charge in [-0.2, -0.15) is 5.10 Å². The van der Waals surface area contributed by atoms with Crippen LogP contribution in [0.5, 0.6) is 0 Å². The number of nitrogens with one attached hydrogen (secondary N) is 1. The van der Waals surface area contributed by atoms with E-state index in [0.29, 0.717) is 37.1 Å². The van der Waals surface area contributed by atoms with E-state index >= 15 is 0 Å². The van der Waals surface area contributed by atoms with E-state index in [0.717, 1.165) is 35.1 Å². The SMILES string of the molecule is CC(C)Sc1nc(N2CCCCC2)c2cnn(CCNC(=O)CCCCl)c2n1. The highest BCUT2D eigenvalue weighted by Gasteiger charge is 2.20. The molecule has 1 aliphatic rings. The Bertz CT molecular complexity index is 790. The lowest BCUT2D eigenvalue weighted by Crippen LogP contribution is -2.30. The lowest BCUT2D eigenvalue weighted by atomic mass is 10.1. The van der Waals surface area contributed by atoms with E-state index < -0.39 is 0 Å². The smallest absolute Gasteiger partial charge is 0.220 e. The van der Waals surface area contributed by atoms with Crippen molar-refractivity contribution in [3.05, 3.63) is 6.20 Å². The summed E-state index contributed by atoms with van der Waals surface area (Å²) in [5, 5.41) is 9.65. The molecule has 7 nitrogen and oxygen atoms in total. The maximum absolute atomic E-state index is 11.8. The van der Waals surface area contributed by atoms with Crippen LogP contribution >= 0.6 is 23.4 Å². The number of thioether (sulfide) groups is 1. The van der Waals surface area contributed by atoms with Crippen LogP contribution in [0.25, 0.3) is 11.0 Å². The van der Waals surface area contributed by atoms with Crippen molar-refractivity contribution in [1.82, 2.24) is 25.1 Å². The van der Waals surface area contributed by atoms with Crippen molar-refractivity contribution in [1.29, 1.82) is 0 Å². The summed E-state index contributed by atoms with van der Waals surface area (Å²) in [6, 6.07) is 0. The van der Waals surface area contributed by atoms with Crippen LogP contribution in [0.4, 0.5) is 5.82 Å². The van der Waals surface area contributed by atoms with Gasteiger partial charge in [-0.25, -0.2) is 14.6 Å². The number of nitrogens with zero attached hydrogens (tertiary/aromatic N) is 5. The van der Waals surface area contributed by atoms with Gasteiger partial charge in [0.15, 0.2) is 10.8 Å². The predicted octanol–water partition coefficient (Wildman–Crippen LogP) is 3.45. The molecule has 0 saturated carbocycles. The fraction of sp³-hybridized carbons (Fsp3) is 0.684. The molecule has 0 aliphatic carbocycles. The van der Waals surface area contributed by atoms with Crippen LogP contribution in [0.15, 0.2) is 11.4 Å². The molecule has 28 heavy (non-hydrogen) atoms. The van der Waals surface area contributed by atoms with Crippen LogP contribution < -0.4 is 10.2 Å². The third-order valence-corrected chi connectivity index (χ3v) is 5.77. The van der Waals surface area contributed by atoms with E-state index in [4.69, 9.17) is 21.6 Å². The Morgan fingerprint density at radius 2 is 2.07 bits per heavy atom. The quantitative estimate of drug-likeness (QED) is 0.377. The number of anilines is 1. The minimum atomic E-state index is 0.0248. The van der Waals surface area contributed by atoms with Crippen molar-refractivity contribution in [3.63, 3.8) is 0 Å². The monoisotopic (exact) mass is 424 g/mol. The first-order chi connectivity index (χ1) is 13.6. The average Bonchev–Trinajstić information content (AvgIpc) is 3.09. The lowest BCUT2D eigenvalue weighted by molar-refractivity contribution is -0.121. The van der Waals surface area contributed by atoms with Crippen molar-refractivity contribution < 1.29 is 4.79 Å². The molecule has 3 heterocycles. The van der Waals surface area contributed by atoms with Gasteiger partial charge in [0.25, 0.3) is 0 Å². The van der Waals surface area contributed by atoms with Gasteiger partial charge in [-0.15, -0.1) is 11.6 Å². The molecular weight excluding hydrogens is 396 g/mol. The lowest BCUT2D eigenvalue weighted by Gasteiger charge is -2.28. The van der Waals surface area contributed by atoms with Crippen LogP contribution in [0.3, 0.4) is 0 Å². The highest BCUT2D eigenvalue weighted by Crippen LogP contribution is 2.30. The summed E-state index contributed by atoms with van der Waals surface area (Å²) in [5.74, 6) is 1.52. The van der Waals surface area contributed by atoms with Gasteiger partial charge in [0, 0.05) is 37.2 Å². The number of fused-ring (bicyclic) bond motifs is 1. The second-order valence-corrected chi connectivity index (χ2v) is 9.21. The minimum absolute atomic E-state index is 0.0248. The third-order valence-electron chi connectivity index (χ3n) is 4.64. The molecular formula is C19H29ClN6OS. The summed E-state index contributed by atoms with van der Waals surface area (Å²) in [5.41, 5.74) is 0.841. The standard InChI is InChI=1S/C19H29ClN6OS/c1-14(2)28-19-23-17(25-10-4-3-5-11-25)15-13-22-26(18(15)24-19)12-9-21-16(27)7-6-8-20/h13-14H,3-12H2,1-2H3,(H,21,27). The molecule has 1 amide bonds. The van der Waals surface area contributed by atoms with Crippen LogP contribution in [0, 0.1) is 0 Å². The highest BCUT2D eigenvalue weighted by atomic mass is 35.5. The van der Waals surface area contributed by atoms with Gasteiger partial charge in [-0.1, -0.05) is 25.6 Å². The van der Waals surface area contributed by atoms with E-state index in [1.165, 1.54) is 19.3 Å². The average molecular weight is 425 g/mol. The van der Waals surface area contributed by atoms with E-state index in [-0.39, 0.29) is 5.91 Å². The fourth-order valence-electron chi connectivity index (χ4n) is 3.31. The molecule has 0 aromatic carbocycles. The molecule has 0 radical (unpaired) electrons. The maximum Gasteiger partial charge on any atom is 0.220 e. The normalized spacial score (nSPS) is 14.8. The fourth-order valence-corrected chi connectivity index (χ4v) is 4.15. The molecule has 154 valence electrons. The zero-order valence-electron chi connectivity index (χ0n) is 16.7. The van der Waals surface area contributed by atoms with Crippen molar-refractivity contribution in [3.8, 4) is 0 Å². The molecule has 0 atom stereocenters. The molecule has 2 aromatic heterocycles. The third kappa shape index (κ3) is 5.50. The van der Waals surface area contributed by atoms with Gasteiger partial charge < -0.3 is 10.2 Å². The minimum Gasteiger partial charge on any atom is -0.356 e. The Labute approximate surface area is 175 Å². The Hall–Kier alpha value is -1.54. The Kier molecular flexibility index (Phi) is 7.79. The summed E-state index contributed by atoms with van der Waals surface area (Å²) in [4.78, 5) is 23.8. The van der Waals surface area contributed by atoms with Crippen LogP contribution in [-0.4, -0.2) is 56.4 Å². The van der Waals surface area contributed by atoms with Crippen molar-refractivity contribution in [2.24, 2.45) is 0 Å². The molecule has 9 heteroatoms. The molecule has 0 bridgehead atoms. The number of hydrogen-bond donors (Lipinski definition) is 1. The molecule has 1 fully saturated rings. The molecule has 1 aliphatic heterocycles. The van der Waals surface area contributed by atoms with Gasteiger partial charge in [-0.3, -0.25) is 4.79 Å². The molecule has 0 unspecified atom stereocenters. The molecule has 2 aromatic rings. The Morgan fingerprint density at radius 1 is 1.29 bits per heavy atom. The number of carbonyl (C=O) groups is 1. The van der Waals surface area contributed by atoms with Gasteiger partial charge in [0.05, 0.1) is 18.1 Å². The molecule has 1 N–H and O–H groups in total. The number of piperidine rings is 1. The Morgan fingerprint density at radius 3 is 2.79 bits per heavy atom. The topological polar surface area (TPSA) is 75.9 Å². The van der Waals surface area contributed by atoms with E-state index in [1.54, 1.807) is 11.8 Å². The summed E-state index contributed by atoms with van der Waals surface area (Å²) in [7, 11) is 0. The van der Waals surface area contributed by atoms with Crippen molar-refractivity contribution in [2.45, 2.75) is 62.9 Å². The first kappa shape index (κ1) is 21.2. The number of amides is 1. The van der Waals surface area contributed by atoms with E-state index in [9.17, 15) is 4.79 Å². The number of hydrogen-bond acceptors (Lipinski definition) is 6. The Balaban J connectivity index is 1.80. The van der Waals surface area contributed by atoms with Gasteiger partial charge in [0.2, 0.25) is 5.91 Å². The van der Waals surface area contributed by atoms with Crippen LogP contribution in [0.1, 0.15) is 46.0 Å². The van der Waals surface area contributed by atoms with E-state index in [2.05, 4.69) is 29.2 Å². The summed E-state index contributed by atoms with van der Waals surface area (Å²) < 4.78 is 1.87. The zero-order chi connectivity index (χ0) is 19.9. The van der Waals surface area contributed by atoms with Crippen LogP contribution in [-0.2, 0) is 11.3 Å². The first-order valence-corrected chi connectivity index (χ1v) is 11.5. The van der Waals surface area contributed by atoms with Crippen LogP contribution in [0.2, 0.25) is 0 Å². The largest absolute Gasteiger partial charge is 0.356 e. The highest BCUT2D eigenvalue weighted by molar-refractivity contribution is 7.99. The summed E-state index contributed by atoms with van der Waals surface area (Å²) >= 11 is 7.31. The first-order valence-electron chi connectivity index (χ1n) is 10.1. The number of carbonyl (C=O) groups excluding carboxylic acids is 1. The number of aromatic nitrogens is 4. The predicted molar refractivity (Wildman–Crippen MR) is 115 cm³/mol. The number of alkyl halides is 1. The zero-order valence-corrected chi connectivity index (χ0v) is 18.2. The molecule has 1 saturated heterocycles. The summed E-state index contributed by atoms with van der Waals surface area (Å²) in [6.07, 6.45) is 6.68. The second-order valence-electron chi connectivity index (χ2n) is 7.29. The van der Waals surface area contributed by atoms with Crippen molar-refractivity contribution >= 4 is 46.1 Å². The molecule has 3 rings (SSSR count). The molecule has 0 spiro atoms. The van der Waals surface area contributed by atoms with E-state index in [1.807, 2.05) is 10.9 Å². The number of rotatable bonds is 9. The van der Waals surface area contributed by atoms with Gasteiger partial charge in [-0.05, 0) is 25.7 Å². The second kappa shape index (κ2) is 10.3. The summed E-state index contributed by atoms with van der Waals surface area (Å²) in [6.45, 7) is 7.45. The van der Waals surface area contributed by atoms with Gasteiger partial charge in [0.1, 0.15) is 5.82 Å².